The van der Waals surface area contributed by atoms with E-state index in [0.29, 0.717) is 12.6 Å². The maximum atomic E-state index is 12.7. The van der Waals surface area contributed by atoms with Crippen LogP contribution in [0, 0.1) is 5.41 Å². The number of nitrogens with one attached hydrogen (secondary N) is 1. The first-order valence-electron chi connectivity index (χ1n) is 9.41. The van der Waals surface area contributed by atoms with Gasteiger partial charge in [0.25, 0.3) is 0 Å². The number of hydrogen-bond acceptors (Lipinski definition) is 3. The summed E-state index contributed by atoms with van der Waals surface area (Å²) in [5, 5.41) is 3.20. The van der Waals surface area contributed by atoms with Crippen molar-refractivity contribution in [3.8, 4) is 0 Å². The Labute approximate surface area is 146 Å². The van der Waals surface area contributed by atoms with Gasteiger partial charge >= 0.3 is 0 Å². The summed E-state index contributed by atoms with van der Waals surface area (Å²) in [6.45, 7) is 7.33. The van der Waals surface area contributed by atoms with Crippen LogP contribution in [0.3, 0.4) is 0 Å². The molecule has 1 fully saturated rings. The van der Waals surface area contributed by atoms with Crippen LogP contribution in [0.4, 0.5) is 0 Å². The number of piperidine rings is 1. The average Bonchev–Trinajstić information content (AvgIpc) is 2.64. The Morgan fingerprint density at radius 1 is 1.25 bits per heavy atom. The SMILES string of the molecule is CCC(CC)(CN)C(=O)NCC1CCCCN1Cc1ccccc1. The van der Waals surface area contributed by atoms with Crippen molar-refractivity contribution in [1.29, 1.82) is 0 Å². The van der Waals surface area contributed by atoms with Gasteiger partial charge in [-0.05, 0) is 37.8 Å². The molecule has 1 unspecified atom stereocenters. The second kappa shape index (κ2) is 9.19. The van der Waals surface area contributed by atoms with Crippen LogP contribution in [0.2, 0.25) is 0 Å². The monoisotopic (exact) mass is 331 g/mol. The Morgan fingerprint density at radius 2 is 1.96 bits per heavy atom. The summed E-state index contributed by atoms with van der Waals surface area (Å²) < 4.78 is 0. The number of carbonyl (C=O) groups excluding carboxylic acids is 1. The van der Waals surface area contributed by atoms with Gasteiger partial charge in [-0.3, -0.25) is 9.69 Å². The van der Waals surface area contributed by atoms with Gasteiger partial charge in [-0.25, -0.2) is 0 Å². The van der Waals surface area contributed by atoms with E-state index in [0.717, 1.165) is 38.9 Å². The Kier molecular flexibility index (Phi) is 7.25. The summed E-state index contributed by atoms with van der Waals surface area (Å²) in [6.07, 6.45) is 5.23. The van der Waals surface area contributed by atoms with Crippen molar-refractivity contribution in [2.24, 2.45) is 11.1 Å². The topological polar surface area (TPSA) is 58.4 Å². The molecule has 134 valence electrons. The fraction of sp³-hybridized carbons (Fsp3) is 0.650. The number of amides is 1. The lowest BCUT2D eigenvalue weighted by atomic mass is 9.81. The molecule has 0 radical (unpaired) electrons. The molecular formula is C20H33N3O. The molecule has 1 aromatic carbocycles. The lowest BCUT2D eigenvalue weighted by molar-refractivity contribution is -0.131. The van der Waals surface area contributed by atoms with Gasteiger partial charge in [0.15, 0.2) is 0 Å². The summed E-state index contributed by atoms with van der Waals surface area (Å²) in [5.74, 6) is 0.125. The van der Waals surface area contributed by atoms with E-state index in [1.54, 1.807) is 0 Å². The Hall–Kier alpha value is -1.39. The first-order valence-corrected chi connectivity index (χ1v) is 9.41. The van der Waals surface area contributed by atoms with E-state index in [1.165, 1.54) is 18.4 Å². The highest BCUT2D eigenvalue weighted by Gasteiger charge is 2.34. The normalized spacial score (nSPS) is 19.2. The molecule has 2 rings (SSSR count). The van der Waals surface area contributed by atoms with Crippen LogP contribution in [0.5, 0.6) is 0 Å². The summed E-state index contributed by atoms with van der Waals surface area (Å²) >= 11 is 0. The van der Waals surface area contributed by atoms with Gasteiger partial charge in [0.05, 0.1) is 5.41 Å². The number of carbonyl (C=O) groups is 1. The number of rotatable bonds is 8. The van der Waals surface area contributed by atoms with Crippen molar-refractivity contribution < 1.29 is 4.79 Å². The van der Waals surface area contributed by atoms with E-state index >= 15 is 0 Å². The number of nitrogens with zero attached hydrogens (tertiary/aromatic N) is 1. The third kappa shape index (κ3) is 4.58. The number of nitrogens with two attached hydrogens (primary N) is 1. The highest BCUT2D eigenvalue weighted by Crippen LogP contribution is 2.25. The number of likely N-dealkylation sites (tertiary alicyclic amines) is 1. The van der Waals surface area contributed by atoms with Gasteiger partial charge in [-0.2, -0.15) is 0 Å². The van der Waals surface area contributed by atoms with E-state index in [1.807, 2.05) is 0 Å². The zero-order chi connectivity index (χ0) is 17.4. The maximum absolute atomic E-state index is 12.7. The minimum atomic E-state index is -0.404. The average molecular weight is 332 g/mol. The lowest BCUT2D eigenvalue weighted by Gasteiger charge is -2.37. The first-order chi connectivity index (χ1) is 11.6. The summed E-state index contributed by atoms with van der Waals surface area (Å²) in [5.41, 5.74) is 6.83. The largest absolute Gasteiger partial charge is 0.354 e. The van der Waals surface area contributed by atoms with Gasteiger partial charge in [0.2, 0.25) is 5.91 Å². The molecule has 1 aliphatic rings. The first kappa shape index (κ1) is 18.9. The zero-order valence-corrected chi connectivity index (χ0v) is 15.3. The second-order valence-corrected chi connectivity index (χ2v) is 7.01. The van der Waals surface area contributed by atoms with Crippen molar-refractivity contribution in [3.05, 3.63) is 35.9 Å². The van der Waals surface area contributed by atoms with Gasteiger partial charge in [0.1, 0.15) is 0 Å². The second-order valence-electron chi connectivity index (χ2n) is 7.01. The van der Waals surface area contributed by atoms with Crippen molar-refractivity contribution >= 4 is 5.91 Å². The van der Waals surface area contributed by atoms with Gasteiger partial charge < -0.3 is 11.1 Å². The van der Waals surface area contributed by atoms with E-state index in [-0.39, 0.29) is 5.91 Å². The van der Waals surface area contributed by atoms with Crippen molar-refractivity contribution in [2.75, 3.05) is 19.6 Å². The molecule has 0 saturated carbocycles. The van der Waals surface area contributed by atoms with Crippen LogP contribution in [0.25, 0.3) is 0 Å². The van der Waals surface area contributed by atoms with Crippen molar-refractivity contribution in [1.82, 2.24) is 10.2 Å². The molecule has 1 heterocycles. The quantitative estimate of drug-likeness (QED) is 0.770. The van der Waals surface area contributed by atoms with Crippen LogP contribution in [-0.2, 0) is 11.3 Å². The van der Waals surface area contributed by atoms with Gasteiger partial charge in [-0.15, -0.1) is 0 Å². The van der Waals surface area contributed by atoms with Crippen LogP contribution in [-0.4, -0.2) is 36.5 Å². The van der Waals surface area contributed by atoms with Crippen LogP contribution in [0.1, 0.15) is 51.5 Å². The molecule has 24 heavy (non-hydrogen) atoms. The highest BCUT2D eigenvalue weighted by atomic mass is 16.2. The molecule has 4 heteroatoms. The molecule has 1 atom stereocenters. The molecule has 0 aliphatic carbocycles. The molecular weight excluding hydrogens is 298 g/mol. The molecule has 3 N–H and O–H groups in total. The van der Waals surface area contributed by atoms with Crippen LogP contribution < -0.4 is 11.1 Å². The van der Waals surface area contributed by atoms with E-state index in [4.69, 9.17) is 5.73 Å². The third-order valence-electron chi connectivity index (χ3n) is 5.70. The summed E-state index contributed by atoms with van der Waals surface area (Å²) in [7, 11) is 0. The van der Waals surface area contributed by atoms with Crippen LogP contribution in [0.15, 0.2) is 30.3 Å². The minimum absolute atomic E-state index is 0.125. The van der Waals surface area contributed by atoms with Crippen LogP contribution >= 0.6 is 0 Å². The number of benzene rings is 1. The predicted octanol–water partition coefficient (Wildman–Crippen LogP) is 2.92. The Morgan fingerprint density at radius 3 is 2.58 bits per heavy atom. The zero-order valence-electron chi connectivity index (χ0n) is 15.3. The predicted molar refractivity (Wildman–Crippen MR) is 99.6 cm³/mol. The standard InChI is InChI=1S/C20H33N3O/c1-3-20(4-2,16-21)19(24)22-14-18-12-8-9-13-23(18)15-17-10-6-5-7-11-17/h5-7,10-11,18H,3-4,8-9,12-16,21H2,1-2H3,(H,22,24). The maximum Gasteiger partial charge on any atom is 0.227 e. The molecule has 1 amide bonds. The third-order valence-corrected chi connectivity index (χ3v) is 5.70. The lowest BCUT2D eigenvalue weighted by Crippen LogP contribution is -2.51. The molecule has 0 aromatic heterocycles. The molecule has 1 aliphatic heterocycles. The Balaban J connectivity index is 1.95. The number of hydrogen-bond donors (Lipinski definition) is 2. The molecule has 0 bridgehead atoms. The fourth-order valence-electron chi connectivity index (χ4n) is 3.67. The van der Waals surface area contributed by atoms with Crippen molar-refractivity contribution in [2.45, 2.75) is 58.5 Å². The highest BCUT2D eigenvalue weighted by molar-refractivity contribution is 5.82. The Bertz CT molecular complexity index is 491. The smallest absolute Gasteiger partial charge is 0.227 e. The van der Waals surface area contributed by atoms with Crippen molar-refractivity contribution in [3.63, 3.8) is 0 Å². The van der Waals surface area contributed by atoms with Gasteiger partial charge in [-0.1, -0.05) is 50.6 Å². The van der Waals surface area contributed by atoms with E-state index < -0.39 is 5.41 Å². The van der Waals surface area contributed by atoms with E-state index in [2.05, 4.69) is 54.4 Å². The summed E-state index contributed by atoms with van der Waals surface area (Å²) in [4.78, 5) is 15.2. The molecule has 1 aromatic rings. The molecule has 0 spiro atoms. The summed E-state index contributed by atoms with van der Waals surface area (Å²) in [6, 6.07) is 11.0. The fourth-order valence-corrected chi connectivity index (χ4v) is 3.67. The molecule has 4 nitrogen and oxygen atoms in total. The molecule has 1 saturated heterocycles. The van der Waals surface area contributed by atoms with E-state index in [9.17, 15) is 4.79 Å². The minimum Gasteiger partial charge on any atom is -0.354 e. The van der Waals surface area contributed by atoms with Gasteiger partial charge in [0, 0.05) is 25.7 Å².